The summed E-state index contributed by atoms with van der Waals surface area (Å²) >= 11 is 1.34. The maximum Gasteiger partial charge on any atom is 0.234 e. The van der Waals surface area contributed by atoms with Crippen molar-refractivity contribution < 1.29 is 4.79 Å². The number of nitrogen functional groups attached to an aromatic ring is 1. The summed E-state index contributed by atoms with van der Waals surface area (Å²) in [6, 6.07) is 15.2. The molecule has 7 heteroatoms. The van der Waals surface area contributed by atoms with Crippen LogP contribution in [-0.2, 0) is 11.8 Å². The van der Waals surface area contributed by atoms with Gasteiger partial charge >= 0.3 is 0 Å². The number of nitrogens with two attached hydrogens (primary N) is 1. The van der Waals surface area contributed by atoms with E-state index in [4.69, 9.17) is 5.73 Å². The molecular weight excluding hydrogens is 334 g/mol. The number of aromatic nitrogens is 3. The molecule has 3 N–H and O–H groups in total. The summed E-state index contributed by atoms with van der Waals surface area (Å²) in [4.78, 5) is 12.1. The standard InChI is InChI=1S/C18H19N5OS/c1-12-6-8-15(9-7-12)20-16(24)11-25-18-22-21-17(23(18)2)13-4-3-5-14(19)10-13/h3-10H,11,19H2,1-2H3,(H,20,24). The second-order valence-electron chi connectivity index (χ2n) is 5.69. The number of thioether (sulfide) groups is 1. The Morgan fingerprint density at radius 3 is 2.68 bits per heavy atom. The topological polar surface area (TPSA) is 85.8 Å². The summed E-state index contributed by atoms with van der Waals surface area (Å²) in [7, 11) is 1.87. The smallest absolute Gasteiger partial charge is 0.234 e. The van der Waals surface area contributed by atoms with Gasteiger partial charge in [-0.3, -0.25) is 4.79 Å². The third-order valence-corrected chi connectivity index (χ3v) is 4.67. The van der Waals surface area contributed by atoms with Crippen LogP contribution in [0, 0.1) is 6.92 Å². The Morgan fingerprint density at radius 2 is 1.96 bits per heavy atom. The van der Waals surface area contributed by atoms with Crippen molar-refractivity contribution in [2.45, 2.75) is 12.1 Å². The average molecular weight is 353 g/mol. The van der Waals surface area contributed by atoms with Gasteiger partial charge in [-0.1, -0.05) is 41.6 Å². The van der Waals surface area contributed by atoms with Gasteiger partial charge in [-0.2, -0.15) is 0 Å². The van der Waals surface area contributed by atoms with Crippen LogP contribution in [0.4, 0.5) is 11.4 Å². The Hall–Kier alpha value is -2.80. The number of nitrogens with one attached hydrogen (secondary N) is 1. The monoisotopic (exact) mass is 353 g/mol. The lowest BCUT2D eigenvalue weighted by molar-refractivity contribution is -0.113. The van der Waals surface area contributed by atoms with Crippen molar-refractivity contribution in [1.82, 2.24) is 14.8 Å². The summed E-state index contributed by atoms with van der Waals surface area (Å²) < 4.78 is 1.86. The minimum atomic E-state index is -0.0811. The highest BCUT2D eigenvalue weighted by molar-refractivity contribution is 7.99. The van der Waals surface area contributed by atoms with Crippen LogP contribution in [0.15, 0.2) is 53.7 Å². The van der Waals surface area contributed by atoms with Gasteiger partial charge in [-0.05, 0) is 31.2 Å². The highest BCUT2D eigenvalue weighted by Crippen LogP contribution is 2.24. The molecule has 25 heavy (non-hydrogen) atoms. The van der Waals surface area contributed by atoms with E-state index in [1.54, 1.807) is 0 Å². The van der Waals surface area contributed by atoms with Crippen molar-refractivity contribution in [2.75, 3.05) is 16.8 Å². The Bertz CT molecular complexity index is 889. The van der Waals surface area contributed by atoms with E-state index >= 15 is 0 Å². The molecule has 0 aliphatic rings. The van der Waals surface area contributed by atoms with E-state index < -0.39 is 0 Å². The molecule has 2 aromatic carbocycles. The van der Waals surface area contributed by atoms with Crippen molar-refractivity contribution in [3.05, 3.63) is 54.1 Å². The van der Waals surface area contributed by atoms with Crippen LogP contribution in [0.25, 0.3) is 11.4 Å². The lowest BCUT2D eigenvalue weighted by Crippen LogP contribution is -2.14. The average Bonchev–Trinajstić information content (AvgIpc) is 2.96. The predicted molar refractivity (Wildman–Crippen MR) is 101 cm³/mol. The van der Waals surface area contributed by atoms with E-state index in [0.717, 1.165) is 16.8 Å². The van der Waals surface area contributed by atoms with Crippen LogP contribution >= 0.6 is 11.8 Å². The highest BCUT2D eigenvalue weighted by atomic mass is 32.2. The van der Waals surface area contributed by atoms with Crippen LogP contribution in [0.3, 0.4) is 0 Å². The number of amides is 1. The second kappa shape index (κ2) is 7.40. The molecule has 0 bridgehead atoms. The van der Waals surface area contributed by atoms with Gasteiger partial charge in [0.15, 0.2) is 11.0 Å². The van der Waals surface area contributed by atoms with Crippen molar-refractivity contribution >= 4 is 29.0 Å². The fourth-order valence-electron chi connectivity index (χ4n) is 2.33. The molecule has 1 heterocycles. The molecule has 3 rings (SSSR count). The molecule has 1 amide bonds. The number of hydrogen-bond acceptors (Lipinski definition) is 5. The van der Waals surface area contributed by atoms with Crippen LogP contribution in [0.1, 0.15) is 5.56 Å². The molecule has 0 aliphatic carbocycles. The van der Waals surface area contributed by atoms with E-state index in [1.165, 1.54) is 11.8 Å². The lowest BCUT2D eigenvalue weighted by Gasteiger charge is -2.06. The quantitative estimate of drug-likeness (QED) is 0.544. The van der Waals surface area contributed by atoms with E-state index in [2.05, 4.69) is 15.5 Å². The first-order chi connectivity index (χ1) is 12.0. The summed E-state index contributed by atoms with van der Waals surface area (Å²) in [5.74, 6) is 0.896. The lowest BCUT2D eigenvalue weighted by atomic mass is 10.2. The zero-order valence-corrected chi connectivity index (χ0v) is 14.9. The fourth-order valence-corrected chi connectivity index (χ4v) is 3.04. The van der Waals surface area contributed by atoms with E-state index in [1.807, 2.05) is 67.1 Å². The number of hydrogen-bond donors (Lipinski definition) is 2. The van der Waals surface area contributed by atoms with Crippen LogP contribution < -0.4 is 11.1 Å². The van der Waals surface area contributed by atoms with Gasteiger partial charge in [0.2, 0.25) is 5.91 Å². The highest BCUT2D eigenvalue weighted by Gasteiger charge is 2.13. The number of anilines is 2. The van der Waals surface area contributed by atoms with E-state index in [0.29, 0.717) is 16.7 Å². The van der Waals surface area contributed by atoms with Crippen LogP contribution in [0.2, 0.25) is 0 Å². The van der Waals surface area contributed by atoms with E-state index in [-0.39, 0.29) is 11.7 Å². The molecule has 3 aromatic rings. The minimum absolute atomic E-state index is 0.0811. The molecule has 0 saturated heterocycles. The zero-order valence-electron chi connectivity index (χ0n) is 14.1. The van der Waals surface area contributed by atoms with Gasteiger partial charge in [0.1, 0.15) is 0 Å². The molecule has 0 aliphatic heterocycles. The van der Waals surface area contributed by atoms with Gasteiger partial charge < -0.3 is 15.6 Å². The van der Waals surface area contributed by atoms with Crippen molar-refractivity contribution in [1.29, 1.82) is 0 Å². The molecule has 0 atom stereocenters. The second-order valence-corrected chi connectivity index (χ2v) is 6.64. The summed E-state index contributed by atoms with van der Waals surface area (Å²) in [5.41, 5.74) is 9.33. The molecule has 1 aromatic heterocycles. The number of benzene rings is 2. The van der Waals surface area contributed by atoms with Gasteiger partial charge in [-0.15, -0.1) is 10.2 Å². The summed E-state index contributed by atoms with van der Waals surface area (Å²) in [5, 5.41) is 11.9. The molecular formula is C18H19N5OS. The molecule has 6 nitrogen and oxygen atoms in total. The predicted octanol–water partition coefficient (Wildman–Crippen LogP) is 3.10. The van der Waals surface area contributed by atoms with Crippen molar-refractivity contribution in [2.24, 2.45) is 7.05 Å². The molecule has 0 fully saturated rings. The Morgan fingerprint density at radius 1 is 1.20 bits per heavy atom. The van der Waals surface area contributed by atoms with Crippen LogP contribution in [0.5, 0.6) is 0 Å². The molecule has 128 valence electrons. The Kier molecular flexibility index (Phi) is 5.04. The Labute approximate surface area is 150 Å². The van der Waals surface area contributed by atoms with Gasteiger partial charge in [-0.25, -0.2) is 0 Å². The number of aryl methyl sites for hydroxylation is 1. The molecule has 0 saturated carbocycles. The van der Waals surface area contributed by atoms with Gasteiger partial charge in [0.05, 0.1) is 5.75 Å². The normalized spacial score (nSPS) is 10.6. The number of nitrogens with zero attached hydrogens (tertiary/aromatic N) is 3. The van der Waals surface area contributed by atoms with Crippen molar-refractivity contribution in [3.8, 4) is 11.4 Å². The van der Waals surface area contributed by atoms with Gasteiger partial charge in [0.25, 0.3) is 0 Å². The minimum Gasteiger partial charge on any atom is -0.399 e. The molecule has 0 radical (unpaired) electrons. The van der Waals surface area contributed by atoms with Crippen LogP contribution in [-0.4, -0.2) is 26.4 Å². The number of carbonyl (C=O) groups is 1. The van der Waals surface area contributed by atoms with E-state index in [9.17, 15) is 4.79 Å². The maximum atomic E-state index is 12.1. The first-order valence-corrected chi connectivity index (χ1v) is 8.76. The first kappa shape index (κ1) is 17.0. The summed E-state index contributed by atoms with van der Waals surface area (Å²) in [6.45, 7) is 2.01. The fraction of sp³-hybridized carbons (Fsp3) is 0.167. The Balaban J connectivity index is 1.64. The van der Waals surface area contributed by atoms with Gasteiger partial charge in [0, 0.05) is 24.0 Å². The largest absolute Gasteiger partial charge is 0.399 e. The van der Waals surface area contributed by atoms with Crippen molar-refractivity contribution in [3.63, 3.8) is 0 Å². The first-order valence-electron chi connectivity index (χ1n) is 7.77. The number of rotatable bonds is 5. The third-order valence-electron chi connectivity index (χ3n) is 3.65. The molecule has 0 unspecified atom stereocenters. The third kappa shape index (κ3) is 4.19. The molecule has 0 spiro atoms. The zero-order chi connectivity index (χ0) is 17.8. The summed E-state index contributed by atoms with van der Waals surface area (Å²) in [6.07, 6.45) is 0. The SMILES string of the molecule is Cc1ccc(NC(=O)CSc2nnc(-c3cccc(N)c3)n2C)cc1. The number of carbonyl (C=O) groups excluding carboxylic acids is 1. The maximum absolute atomic E-state index is 12.1.